The number of hydrogen-bond donors (Lipinski definition) is 2. The first-order chi connectivity index (χ1) is 9.63. The van der Waals surface area contributed by atoms with Gasteiger partial charge in [0.25, 0.3) is 5.91 Å². The van der Waals surface area contributed by atoms with Crippen molar-refractivity contribution in [2.45, 2.75) is 26.2 Å². The summed E-state index contributed by atoms with van der Waals surface area (Å²) in [6.45, 7) is 2.66. The molecule has 20 heavy (non-hydrogen) atoms. The third-order valence-electron chi connectivity index (χ3n) is 3.12. The van der Waals surface area contributed by atoms with Gasteiger partial charge in [-0.2, -0.15) is 0 Å². The number of amides is 1. The lowest BCUT2D eigenvalue weighted by atomic mass is 10.1. The van der Waals surface area contributed by atoms with E-state index in [-0.39, 0.29) is 5.91 Å². The first-order valence-corrected chi connectivity index (χ1v) is 7.45. The van der Waals surface area contributed by atoms with Gasteiger partial charge in [0.15, 0.2) is 0 Å². The highest BCUT2D eigenvalue weighted by molar-refractivity contribution is 7.21. The van der Waals surface area contributed by atoms with Crippen LogP contribution in [0.15, 0.2) is 18.2 Å². The molecule has 0 atom stereocenters. The van der Waals surface area contributed by atoms with Gasteiger partial charge in [-0.1, -0.05) is 12.1 Å². The summed E-state index contributed by atoms with van der Waals surface area (Å²) in [6, 6.07) is 6.03. The molecule has 0 unspecified atom stereocenters. The minimum atomic E-state index is -0.0953. The Kier molecular flexibility index (Phi) is 4.65. The van der Waals surface area contributed by atoms with E-state index < -0.39 is 0 Å². The summed E-state index contributed by atoms with van der Waals surface area (Å²) in [5.74, 6) is 2.49. The van der Waals surface area contributed by atoms with Crippen molar-refractivity contribution in [3.63, 3.8) is 0 Å². The van der Waals surface area contributed by atoms with Crippen molar-refractivity contribution in [1.29, 1.82) is 0 Å². The molecule has 0 bridgehead atoms. The van der Waals surface area contributed by atoms with Crippen LogP contribution in [-0.4, -0.2) is 12.5 Å². The maximum atomic E-state index is 12.1. The molecular weight excluding hydrogens is 268 g/mol. The predicted octanol–water partition coefficient (Wildman–Crippen LogP) is 3.33. The number of carbonyl (C=O) groups excluding carboxylic acids is 1. The molecule has 3 nitrogen and oxygen atoms in total. The minimum Gasteiger partial charge on any atom is -0.397 e. The van der Waals surface area contributed by atoms with Crippen molar-refractivity contribution in [3.05, 3.63) is 28.6 Å². The number of nitrogens with one attached hydrogen (secondary N) is 1. The van der Waals surface area contributed by atoms with E-state index in [4.69, 9.17) is 12.2 Å². The number of fused-ring (bicyclic) bond motifs is 1. The Bertz CT molecular complexity index is 667. The second-order valence-electron chi connectivity index (χ2n) is 4.76. The maximum Gasteiger partial charge on any atom is 0.263 e. The minimum absolute atomic E-state index is 0.0953. The van der Waals surface area contributed by atoms with Crippen molar-refractivity contribution >= 4 is 33.0 Å². The molecule has 1 heterocycles. The molecular formula is C16H18N2OS. The third kappa shape index (κ3) is 3.12. The lowest BCUT2D eigenvalue weighted by Gasteiger charge is -2.03. The fraction of sp³-hybridized carbons (Fsp3) is 0.312. The summed E-state index contributed by atoms with van der Waals surface area (Å²) >= 11 is 1.45. The van der Waals surface area contributed by atoms with Crippen molar-refractivity contribution in [1.82, 2.24) is 5.32 Å². The van der Waals surface area contributed by atoms with Crippen LogP contribution in [0.4, 0.5) is 5.69 Å². The molecule has 3 N–H and O–H groups in total. The van der Waals surface area contributed by atoms with Gasteiger partial charge in [0.05, 0.1) is 5.69 Å². The third-order valence-corrected chi connectivity index (χ3v) is 4.29. The van der Waals surface area contributed by atoms with E-state index >= 15 is 0 Å². The maximum absolute atomic E-state index is 12.1. The number of hydrogen-bond acceptors (Lipinski definition) is 3. The Labute approximate surface area is 123 Å². The van der Waals surface area contributed by atoms with Gasteiger partial charge < -0.3 is 11.1 Å². The second-order valence-corrected chi connectivity index (χ2v) is 5.81. The summed E-state index contributed by atoms with van der Waals surface area (Å²) < 4.78 is 1.06. The van der Waals surface area contributed by atoms with Crippen molar-refractivity contribution in [3.8, 4) is 12.3 Å². The molecule has 2 aromatic rings. The van der Waals surface area contributed by atoms with E-state index in [1.165, 1.54) is 16.9 Å². The number of rotatable bonds is 5. The molecule has 1 aromatic heterocycles. The van der Waals surface area contributed by atoms with Crippen LogP contribution in [-0.2, 0) is 0 Å². The lowest BCUT2D eigenvalue weighted by Crippen LogP contribution is -2.24. The van der Waals surface area contributed by atoms with Crippen LogP contribution in [0.3, 0.4) is 0 Å². The smallest absolute Gasteiger partial charge is 0.263 e. The van der Waals surface area contributed by atoms with Gasteiger partial charge in [0, 0.05) is 23.1 Å². The summed E-state index contributed by atoms with van der Waals surface area (Å²) in [6.07, 6.45) is 7.75. The summed E-state index contributed by atoms with van der Waals surface area (Å²) in [7, 11) is 0. The zero-order valence-corrected chi connectivity index (χ0v) is 12.3. The van der Waals surface area contributed by atoms with E-state index in [0.29, 0.717) is 17.1 Å². The summed E-state index contributed by atoms with van der Waals surface area (Å²) in [5, 5.41) is 3.85. The molecule has 0 fully saturated rings. The fourth-order valence-corrected chi connectivity index (χ4v) is 3.16. The van der Waals surface area contributed by atoms with Crippen LogP contribution in [0.2, 0.25) is 0 Å². The lowest BCUT2D eigenvalue weighted by molar-refractivity contribution is 0.0958. The largest absolute Gasteiger partial charge is 0.397 e. The van der Waals surface area contributed by atoms with E-state index in [1.54, 1.807) is 0 Å². The molecule has 2 rings (SSSR count). The number of nitrogens with two attached hydrogens (primary N) is 1. The number of terminal acetylenes is 1. The number of carbonyl (C=O) groups is 1. The van der Waals surface area contributed by atoms with Gasteiger partial charge in [-0.05, 0) is 31.4 Å². The van der Waals surface area contributed by atoms with Crippen LogP contribution in [0.5, 0.6) is 0 Å². The number of unbranched alkanes of at least 4 members (excludes halogenated alkanes) is 2. The van der Waals surface area contributed by atoms with E-state index in [9.17, 15) is 4.79 Å². The van der Waals surface area contributed by atoms with Crippen LogP contribution < -0.4 is 11.1 Å². The number of aryl methyl sites for hydroxylation is 1. The van der Waals surface area contributed by atoms with Crippen molar-refractivity contribution in [2.75, 3.05) is 12.3 Å². The van der Waals surface area contributed by atoms with Crippen LogP contribution in [0, 0.1) is 19.3 Å². The predicted molar refractivity (Wildman–Crippen MR) is 86.0 cm³/mol. The Balaban J connectivity index is 2.07. The highest BCUT2D eigenvalue weighted by atomic mass is 32.1. The van der Waals surface area contributed by atoms with Gasteiger partial charge >= 0.3 is 0 Å². The van der Waals surface area contributed by atoms with Gasteiger partial charge in [-0.3, -0.25) is 4.79 Å². The van der Waals surface area contributed by atoms with Gasteiger partial charge in [-0.15, -0.1) is 23.7 Å². The second kappa shape index (κ2) is 6.44. The summed E-state index contributed by atoms with van der Waals surface area (Å²) in [5.41, 5.74) is 7.81. The number of anilines is 1. The monoisotopic (exact) mass is 286 g/mol. The molecule has 0 radical (unpaired) electrons. The fourth-order valence-electron chi connectivity index (χ4n) is 2.03. The van der Waals surface area contributed by atoms with Gasteiger partial charge in [0.1, 0.15) is 4.88 Å². The molecule has 1 amide bonds. The van der Waals surface area contributed by atoms with E-state index in [2.05, 4.69) is 17.3 Å². The molecule has 0 spiro atoms. The molecule has 0 saturated heterocycles. The number of thiophene rings is 1. The topological polar surface area (TPSA) is 55.1 Å². The average molecular weight is 286 g/mol. The molecule has 1 aromatic carbocycles. The molecule has 0 aliphatic heterocycles. The van der Waals surface area contributed by atoms with Gasteiger partial charge in [-0.25, -0.2) is 0 Å². The van der Waals surface area contributed by atoms with Crippen LogP contribution in [0.25, 0.3) is 10.1 Å². The Morgan fingerprint density at radius 2 is 2.25 bits per heavy atom. The quantitative estimate of drug-likeness (QED) is 0.654. The highest BCUT2D eigenvalue weighted by Gasteiger charge is 2.15. The summed E-state index contributed by atoms with van der Waals surface area (Å²) in [4.78, 5) is 12.7. The molecule has 0 saturated carbocycles. The molecule has 104 valence electrons. The zero-order valence-electron chi connectivity index (χ0n) is 11.5. The first kappa shape index (κ1) is 14.4. The molecule has 4 heteroatoms. The number of nitrogen functional groups attached to an aromatic ring is 1. The van der Waals surface area contributed by atoms with Crippen molar-refractivity contribution < 1.29 is 4.79 Å². The van der Waals surface area contributed by atoms with Gasteiger partial charge in [0.2, 0.25) is 0 Å². The standard InChI is InChI=1S/C16H18N2OS/c1-3-4-5-6-9-18-16(19)15-14(17)12-8-7-11(2)10-13(12)20-15/h1,7-8,10H,4-6,9,17H2,2H3,(H,18,19). The average Bonchev–Trinajstić information content (AvgIpc) is 2.75. The normalized spacial score (nSPS) is 10.4. The first-order valence-electron chi connectivity index (χ1n) is 6.63. The zero-order chi connectivity index (χ0) is 14.5. The Morgan fingerprint density at radius 3 is 3.00 bits per heavy atom. The highest BCUT2D eigenvalue weighted by Crippen LogP contribution is 2.34. The van der Waals surface area contributed by atoms with E-state index in [0.717, 1.165) is 29.3 Å². The molecule has 0 aliphatic rings. The number of benzene rings is 1. The van der Waals surface area contributed by atoms with Crippen LogP contribution >= 0.6 is 11.3 Å². The van der Waals surface area contributed by atoms with Crippen molar-refractivity contribution in [2.24, 2.45) is 0 Å². The molecule has 0 aliphatic carbocycles. The van der Waals surface area contributed by atoms with Crippen LogP contribution in [0.1, 0.15) is 34.5 Å². The SMILES string of the molecule is C#CCCCCNC(=O)c1sc2cc(C)ccc2c1N. The van der Waals surface area contributed by atoms with E-state index in [1.807, 2.05) is 19.1 Å². The Hall–Kier alpha value is -1.99. The Morgan fingerprint density at radius 1 is 1.45 bits per heavy atom.